The molecular formula is C22H23F2N3O4S. The first-order valence-electron chi connectivity index (χ1n) is 10.2. The zero-order chi connectivity index (χ0) is 22.8. The number of ether oxygens (including phenoxy) is 2. The lowest BCUT2D eigenvalue weighted by molar-refractivity contribution is -0.190. The van der Waals surface area contributed by atoms with Crippen LogP contribution in [0.25, 0.3) is 0 Å². The largest absolute Gasteiger partial charge is 0.342 e. The fraction of sp³-hybridized carbons (Fsp3) is 0.364. The Hall–Kier alpha value is -2.69. The van der Waals surface area contributed by atoms with E-state index in [1.54, 1.807) is 24.3 Å². The van der Waals surface area contributed by atoms with E-state index < -0.39 is 33.4 Å². The summed E-state index contributed by atoms with van der Waals surface area (Å²) in [6, 6.07) is 9.90. The maximum Gasteiger partial charge on any atom is 0.218 e. The molecule has 7 nitrogen and oxygen atoms in total. The van der Waals surface area contributed by atoms with Crippen LogP contribution in [0.3, 0.4) is 0 Å². The maximum atomic E-state index is 14.6. The van der Waals surface area contributed by atoms with Crippen LogP contribution in [0.4, 0.5) is 8.78 Å². The molecule has 0 N–H and O–H groups in total. The van der Waals surface area contributed by atoms with Gasteiger partial charge < -0.3 is 9.47 Å². The van der Waals surface area contributed by atoms with Crippen LogP contribution in [0.5, 0.6) is 0 Å². The number of aryl methyl sites for hydroxylation is 1. The summed E-state index contributed by atoms with van der Waals surface area (Å²) in [7, 11) is -3.42. The number of sulfone groups is 1. The lowest BCUT2D eigenvalue weighted by atomic mass is 10.0. The minimum atomic E-state index is -3.42. The average molecular weight is 464 g/mol. The van der Waals surface area contributed by atoms with E-state index in [2.05, 4.69) is 10.1 Å². The van der Waals surface area contributed by atoms with Gasteiger partial charge in [-0.15, -0.1) is 0 Å². The van der Waals surface area contributed by atoms with Gasteiger partial charge in [0.1, 0.15) is 30.8 Å². The molecule has 1 aromatic heterocycles. The lowest BCUT2D eigenvalue weighted by Crippen LogP contribution is -2.35. The molecule has 3 aromatic rings. The standard InChI is InChI=1S/C22H23F2N3O4S/c1-16-4-7-19(8-5-16)32(28,29)10-2-3-18-12-30-22(31-18,13-27-15-25-14-26-27)20-9-6-17(23)11-21(20)24/h4-9,11,14-15,18H,2-3,10,12-13H2,1H3/t18?,22-/m1/s1. The summed E-state index contributed by atoms with van der Waals surface area (Å²) >= 11 is 0. The van der Waals surface area contributed by atoms with Crippen molar-refractivity contribution in [2.75, 3.05) is 12.4 Å². The molecule has 1 aliphatic heterocycles. The molecule has 0 saturated carbocycles. The third kappa shape index (κ3) is 4.87. The monoisotopic (exact) mass is 463 g/mol. The molecule has 1 unspecified atom stereocenters. The van der Waals surface area contributed by atoms with Crippen molar-refractivity contribution in [3.05, 3.63) is 77.9 Å². The van der Waals surface area contributed by atoms with Gasteiger partial charge in [0.2, 0.25) is 5.79 Å². The first kappa shape index (κ1) is 22.5. The lowest BCUT2D eigenvalue weighted by Gasteiger charge is -2.28. The Morgan fingerprint density at radius 2 is 1.97 bits per heavy atom. The molecule has 0 radical (unpaired) electrons. The van der Waals surface area contributed by atoms with Crippen LogP contribution in [0.15, 0.2) is 60.0 Å². The van der Waals surface area contributed by atoms with E-state index in [1.165, 1.54) is 23.4 Å². The number of rotatable bonds is 8. The predicted molar refractivity (Wildman–Crippen MR) is 111 cm³/mol. The van der Waals surface area contributed by atoms with Crippen LogP contribution in [-0.4, -0.2) is 41.6 Å². The summed E-state index contributed by atoms with van der Waals surface area (Å²) < 4.78 is 66.6. The van der Waals surface area contributed by atoms with E-state index in [1.807, 2.05) is 6.92 Å². The molecule has 10 heteroatoms. The van der Waals surface area contributed by atoms with Gasteiger partial charge in [-0.2, -0.15) is 5.10 Å². The third-order valence-corrected chi connectivity index (χ3v) is 7.17. The first-order valence-corrected chi connectivity index (χ1v) is 11.8. The molecule has 2 aromatic carbocycles. The Balaban J connectivity index is 1.46. The van der Waals surface area contributed by atoms with Gasteiger partial charge in [0.15, 0.2) is 9.84 Å². The molecule has 32 heavy (non-hydrogen) atoms. The Labute approximate surface area is 184 Å². The highest BCUT2D eigenvalue weighted by molar-refractivity contribution is 7.91. The molecular weight excluding hydrogens is 440 g/mol. The number of halogens is 2. The van der Waals surface area contributed by atoms with Gasteiger partial charge in [-0.25, -0.2) is 26.9 Å². The molecule has 1 aliphatic rings. The Morgan fingerprint density at radius 3 is 2.66 bits per heavy atom. The van der Waals surface area contributed by atoms with Gasteiger partial charge in [0.05, 0.1) is 23.4 Å². The van der Waals surface area contributed by atoms with E-state index in [0.717, 1.165) is 17.7 Å². The van der Waals surface area contributed by atoms with Crippen molar-refractivity contribution >= 4 is 9.84 Å². The van der Waals surface area contributed by atoms with Crippen molar-refractivity contribution in [2.45, 2.75) is 43.1 Å². The summed E-state index contributed by atoms with van der Waals surface area (Å²) in [5.74, 6) is -3.08. The van der Waals surface area contributed by atoms with Crippen molar-refractivity contribution in [1.82, 2.24) is 14.8 Å². The quantitative estimate of drug-likeness (QED) is 0.509. The summed E-state index contributed by atoms with van der Waals surface area (Å²) in [5, 5.41) is 4.03. The van der Waals surface area contributed by atoms with Crippen LogP contribution in [-0.2, 0) is 31.6 Å². The summed E-state index contributed by atoms with van der Waals surface area (Å²) in [6.07, 6.45) is 3.05. The zero-order valence-electron chi connectivity index (χ0n) is 17.4. The molecule has 2 atom stereocenters. The molecule has 2 heterocycles. The second-order valence-electron chi connectivity index (χ2n) is 7.80. The topological polar surface area (TPSA) is 83.3 Å². The molecule has 1 fully saturated rings. The highest BCUT2D eigenvalue weighted by Gasteiger charge is 2.45. The van der Waals surface area contributed by atoms with Crippen LogP contribution in [0, 0.1) is 18.6 Å². The number of benzene rings is 2. The van der Waals surface area contributed by atoms with E-state index in [4.69, 9.17) is 9.47 Å². The zero-order valence-corrected chi connectivity index (χ0v) is 18.3. The van der Waals surface area contributed by atoms with Gasteiger partial charge in [-0.05, 0) is 44.0 Å². The molecule has 0 aliphatic carbocycles. The SMILES string of the molecule is Cc1ccc(S(=O)(=O)CCCC2CO[C@@](Cn3cncn3)(c3ccc(F)cc3F)O2)cc1. The Morgan fingerprint density at radius 1 is 1.19 bits per heavy atom. The number of hydrogen-bond acceptors (Lipinski definition) is 6. The third-order valence-electron chi connectivity index (χ3n) is 5.36. The molecule has 0 amide bonds. The minimum absolute atomic E-state index is 0.00766. The average Bonchev–Trinajstić information content (AvgIpc) is 3.39. The number of aromatic nitrogens is 3. The molecule has 170 valence electrons. The Bertz CT molecular complexity index is 1170. The number of hydrogen-bond donors (Lipinski definition) is 0. The summed E-state index contributed by atoms with van der Waals surface area (Å²) in [6.45, 7) is 2.03. The van der Waals surface area contributed by atoms with Crippen molar-refractivity contribution in [1.29, 1.82) is 0 Å². The van der Waals surface area contributed by atoms with Crippen molar-refractivity contribution < 1.29 is 26.7 Å². The molecule has 4 rings (SSSR count). The summed E-state index contributed by atoms with van der Waals surface area (Å²) in [5.41, 5.74) is 1.03. The van der Waals surface area contributed by atoms with Crippen LogP contribution < -0.4 is 0 Å². The molecule has 0 bridgehead atoms. The van der Waals surface area contributed by atoms with E-state index >= 15 is 0 Å². The van der Waals surface area contributed by atoms with E-state index in [9.17, 15) is 17.2 Å². The van der Waals surface area contributed by atoms with Crippen LogP contribution in [0.2, 0.25) is 0 Å². The van der Waals surface area contributed by atoms with E-state index in [0.29, 0.717) is 12.8 Å². The van der Waals surface area contributed by atoms with Gasteiger partial charge in [-0.1, -0.05) is 17.7 Å². The fourth-order valence-electron chi connectivity index (χ4n) is 3.71. The second kappa shape index (κ2) is 9.05. The Kier molecular flexibility index (Phi) is 6.36. The van der Waals surface area contributed by atoms with Crippen LogP contribution >= 0.6 is 0 Å². The smallest absolute Gasteiger partial charge is 0.218 e. The van der Waals surface area contributed by atoms with Gasteiger partial charge in [-0.3, -0.25) is 0 Å². The number of nitrogens with zero attached hydrogens (tertiary/aromatic N) is 3. The van der Waals surface area contributed by atoms with Crippen LogP contribution in [0.1, 0.15) is 24.0 Å². The highest BCUT2D eigenvalue weighted by Crippen LogP contribution is 2.38. The summed E-state index contributed by atoms with van der Waals surface area (Å²) in [4.78, 5) is 4.15. The fourth-order valence-corrected chi connectivity index (χ4v) is 5.04. The highest BCUT2D eigenvalue weighted by atomic mass is 32.2. The normalized spacial score (nSPS) is 21.2. The second-order valence-corrected chi connectivity index (χ2v) is 9.90. The minimum Gasteiger partial charge on any atom is -0.342 e. The van der Waals surface area contributed by atoms with Crippen molar-refractivity contribution in [2.24, 2.45) is 0 Å². The van der Waals surface area contributed by atoms with Gasteiger partial charge in [0, 0.05) is 11.6 Å². The van der Waals surface area contributed by atoms with Gasteiger partial charge in [0.25, 0.3) is 0 Å². The van der Waals surface area contributed by atoms with Crippen molar-refractivity contribution in [3.63, 3.8) is 0 Å². The molecule has 1 saturated heterocycles. The first-order chi connectivity index (χ1) is 15.3. The molecule has 0 spiro atoms. The van der Waals surface area contributed by atoms with Gasteiger partial charge >= 0.3 is 0 Å². The van der Waals surface area contributed by atoms with Crippen molar-refractivity contribution in [3.8, 4) is 0 Å². The predicted octanol–water partition coefficient (Wildman–Crippen LogP) is 3.39. The van der Waals surface area contributed by atoms with E-state index in [-0.39, 0.29) is 29.4 Å². The maximum absolute atomic E-state index is 14.6.